The van der Waals surface area contributed by atoms with Crippen LogP contribution in [0.1, 0.15) is 12.0 Å². The number of carbonyl (C=O) groups is 4. The highest BCUT2D eigenvalue weighted by Crippen LogP contribution is 2.13. The summed E-state index contributed by atoms with van der Waals surface area (Å²) in [5.41, 5.74) is 5.94. The lowest BCUT2D eigenvalue weighted by atomic mass is 10.1. The van der Waals surface area contributed by atoms with Crippen LogP contribution in [0.15, 0.2) is 30.3 Å². The van der Waals surface area contributed by atoms with Gasteiger partial charge in [0.25, 0.3) is 0 Å². The second kappa shape index (κ2) is 6.17. The summed E-state index contributed by atoms with van der Waals surface area (Å²) in [7, 11) is 0. The molecule has 7 heteroatoms. The number of rotatable bonds is 6. The molecule has 0 radical (unpaired) electrons. The number of amides is 5. The Morgan fingerprint density at radius 2 is 1.52 bits per heavy atom. The lowest BCUT2D eigenvalue weighted by Crippen LogP contribution is -2.36. The van der Waals surface area contributed by atoms with Crippen molar-refractivity contribution in [3.05, 3.63) is 35.9 Å². The molecule has 2 N–H and O–H groups in total. The summed E-state index contributed by atoms with van der Waals surface area (Å²) < 4.78 is 0. The minimum Gasteiger partial charge on any atom is -0.370 e. The van der Waals surface area contributed by atoms with Crippen molar-refractivity contribution in [3.8, 4) is 0 Å². The van der Waals surface area contributed by atoms with Gasteiger partial charge in [-0.3, -0.25) is 24.2 Å². The minimum absolute atomic E-state index is 0.125. The Bertz CT molecular complexity index is 585. The monoisotopic (exact) mass is 289 g/mol. The molecule has 21 heavy (non-hydrogen) atoms. The van der Waals surface area contributed by atoms with Gasteiger partial charge < -0.3 is 5.73 Å². The van der Waals surface area contributed by atoms with Crippen LogP contribution in [-0.4, -0.2) is 46.6 Å². The van der Waals surface area contributed by atoms with Crippen molar-refractivity contribution in [2.75, 3.05) is 13.1 Å². The molecule has 2 rings (SSSR count). The predicted molar refractivity (Wildman–Crippen MR) is 72.8 cm³/mol. The lowest BCUT2D eigenvalue weighted by molar-refractivity contribution is -0.143. The number of nitrogens with zero attached hydrogens (tertiary/aromatic N) is 2. The standard InChI is InChI=1S/C14H15N3O4/c15-11(18)7-9-17-13(20)12(19)16(14(17)21)8-6-10-4-2-1-3-5-10/h1-5H,6-9H2,(H2,15,18). The third-order valence-electron chi connectivity index (χ3n) is 3.18. The molecule has 0 spiro atoms. The van der Waals surface area contributed by atoms with Crippen molar-refractivity contribution >= 4 is 23.8 Å². The Morgan fingerprint density at radius 3 is 2.10 bits per heavy atom. The maximum Gasteiger partial charge on any atom is 0.334 e. The Labute approximate surface area is 121 Å². The molecule has 0 unspecified atom stereocenters. The number of nitrogens with two attached hydrogens (primary N) is 1. The number of urea groups is 1. The number of primary amides is 1. The second-order valence-electron chi connectivity index (χ2n) is 4.65. The van der Waals surface area contributed by atoms with Gasteiger partial charge in [0.1, 0.15) is 0 Å². The average molecular weight is 289 g/mol. The van der Waals surface area contributed by atoms with Crippen LogP contribution in [-0.2, 0) is 20.8 Å². The number of hydrogen-bond acceptors (Lipinski definition) is 4. The molecule has 1 heterocycles. The second-order valence-corrected chi connectivity index (χ2v) is 4.65. The molecule has 0 aliphatic carbocycles. The van der Waals surface area contributed by atoms with Gasteiger partial charge in [0.15, 0.2) is 0 Å². The number of hydrogen-bond donors (Lipinski definition) is 1. The number of carbonyl (C=O) groups excluding carboxylic acids is 4. The van der Waals surface area contributed by atoms with E-state index in [4.69, 9.17) is 5.73 Å². The molecule has 1 aliphatic heterocycles. The first-order valence-corrected chi connectivity index (χ1v) is 6.50. The van der Waals surface area contributed by atoms with Gasteiger partial charge in [-0.15, -0.1) is 0 Å². The summed E-state index contributed by atoms with van der Waals surface area (Å²) in [6.45, 7) is -0.0406. The van der Waals surface area contributed by atoms with Crippen LogP contribution in [0, 0.1) is 0 Å². The molecule has 0 saturated carbocycles. The first kappa shape index (κ1) is 14.7. The van der Waals surface area contributed by atoms with E-state index in [-0.39, 0.29) is 19.5 Å². The van der Waals surface area contributed by atoms with Gasteiger partial charge in [-0.25, -0.2) is 4.79 Å². The van der Waals surface area contributed by atoms with Crippen molar-refractivity contribution < 1.29 is 19.2 Å². The fraction of sp³-hybridized carbons (Fsp3) is 0.286. The predicted octanol–water partition coefficient (Wildman–Crippen LogP) is -0.105. The van der Waals surface area contributed by atoms with Crippen LogP contribution in [0.3, 0.4) is 0 Å². The van der Waals surface area contributed by atoms with Crippen molar-refractivity contribution in [1.29, 1.82) is 0 Å². The van der Waals surface area contributed by atoms with Crippen LogP contribution in [0.2, 0.25) is 0 Å². The summed E-state index contributed by atoms with van der Waals surface area (Å²) >= 11 is 0. The Kier molecular flexibility index (Phi) is 4.32. The number of benzene rings is 1. The quantitative estimate of drug-likeness (QED) is 0.583. The normalized spacial score (nSPS) is 15.0. The fourth-order valence-corrected chi connectivity index (χ4v) is 2.05. The molecule has 7 nitrogen and oxygen atoms in total. The van der Waals surface area contributed by atoms with E-state index in [0.29, 0.717) is 6.42 Å². The molecular weight excluding hydrogens is 274 g/mol. The summed E-state index contributed by atoms with van der Waals surface area (Å²) in [4.78, 5) is 47.9. The van der Waals surface area contributed by atoms with E-state index >= 15 is 0 Å². The summed E-state index contributed by atoms with van der Waals surface area (Å²) in [6.07, 6.45) is 0.312. The average Bonchev–Trinajstić information content (AvgIpc) is 2.67. The molecule has 1 aromatic carbocycles. The summed E-state index contributed by atoms with van der Waals surface area (Å²) in [5.74, 6) is -2.40. The first-order chi connectivity index (χ1) is 10.0. The van der Waals surface area contributed by atoms with E-state index in [1.165, 1.54) is 0 Å². The molecule has 1 saturated heterocycles. The van der Waals surface area contributed by atoms with Crippen molar-refractivity contribution in [3.63, 3.8) is 0 Å². The van der Waals surface area contributed by atoms with Gasteiger partial charge in [0.05, 0.1) is 0 Å². The van der Waals surface area contributed by atoms with E-state index in [1.807, 2.05) is 30.3 Å². The molecular formula is C14H15N3O4. The van der Waals surface area contributed by atoms with E-state index in [1.54, 1.807) is 0 Å². The zero-order chi connectivity index (χ0) is 15.4. The maximum atomic E-state index is 12.0. The van der Waals surface area contributed by atoms with E-state index in [2.05, 4.69) is 0 Å². The van der Waals surface area contributed by atoms with Crippen molar-refractivity contribution in [1.82, 2.24) is 9.80 Å². The fourth-order valence-electron chi connectivity index (χ4n) is 2.05. The van der Waals surface area contributed by atoms with Crippen LogP contribution in [0.25, 0.3) is 0 Å². The van der Waals surface area contributed by atoms with Crippen LogP contribution >= 0.6 is 0 Å². The highest BCUT2D eigenvalue weighted by Gasteiger charge is 2.43. The topological polar surface area (TPSA) is 101 Å². The molecule has 0 aromatic heterocycles. The smallest absolute Gasteiger partial charge is 0.334 e. The largest absolute Gasteiger partial charge is 0.370 e. The zero-order valence-corrected chi connectivity index (χ0v) is 11.3. The SMILES string of the molecule is NC(=O)CCN1C(=O)C(=O)N(CCc2ccccc2)C1=O. The van der Waals surface area contributed by atoms with E-state index in [0.717, 1.165) is 15.4 Å². The van der Waals surface area contributed by atoms with Crippen molar-refractivity contribution in [2.45, 2.75) is 12.8 Å². The van der Waals surface area contributed by atoms with Gasteiger partial charge >= 0.3 is 17.8 Å². The van der Waals surface area contributed by atoms with Crippen molar-refractivity contribution in [2.24, 2.45) is 5.73 Å². The highest BCUT2D eigenvalue weighted by atomic mass is 16.2. The third-order valence-corrected chi connectivity index (χ3v) is 3.18. The molecule has 1 aromatic rings. The van der Waals surface area contributed by atoms with E-state index < -0.39 is 23.8 Å². The lowest BCUT2D eigenvalue weighted by Gasteiger charge is -2.14. The maximum absolute atomic E-state index is 12.0. The Morgan fingerprint density at radius 1 is 0.952 bits per heavy atom. The van der Waals surface area contributed by atoms with Gasteiger partial charge in [-0.2, -0.15) is 0 Å². The van der Waals surface area contributed by atoms with Crippen LogP contribution < -0.4 is 5.73 Å². The van der Waals surface area contributed by atoms with Gasteiger partial charge in [-0.05, 0) is 12.0 Å². The molecule has 5 amide bonds. The molecule has 1 fully saturated rings. The molecule has 0 bridgehead atoms. The minimum atomic E-state index is -0.908. The number of imide groups is 2. The Hall–Kier alpha value is -2.70. The summed E-state index contributed by atoms with van der Waals surface area (Å²) in [6, 6.07) is 8.63. The van der Waals surface area contributed by atoms with Gasteiger partial charge in [0, 0.05) is 19.5 Å². The van der Waals surface area contributed by atoms with Gasteiger partial charge in [0.2, 0.25) is 5.91 Å². The third kappa shape index (κ3) is 3.25. The van der Waals surface area contributed by atoms with E-state index in [9.17, 15) is 19.2 Å². The molecule has 0 atom stereocenters. The highest BCUT2D eigenvalue weighted by molar-refractivity contribution is 6.44. The molecule has 110 valence electrons. The van der Waals surface area contributed by atoms with Gasteiger partial charge in [-0.1, -0.05) is 30.3 Å². The first-order valence-electron chi connectivity index (χ1n) is 6.50. The Balaban J connectivity index is 2.00. The van der Waals surface area contributed by atoms with Crippen LogP contribution in [0.4, 0.5) is 4.79 Å². The van der Waals surface area contributed by atoms with Crippen LogP contribution in [0.5, 0.6) is 0 Å². The zero-order valence-electron chi connectivity index (χ0n) is 11.3. The molecule has 1 aliphatic rings. The summed E-state index contributed by atoms with van der Waals surface area (Å²) in [5, 5.41) is 0.